The van der Waals surface area contributed by atoms with Crippen LogP contribution in [0.2, 0.25) is 0 Å². The molecule has 0 saturated heterocycles. The predicted octanol–water partition coefficient (Wildman–Crippen LogP) is 14.7. The van der Waals surface area contributed by atoms with Gasteiger partial charge in [0.2, 0.25) is 0 Å². The van der Waals surface area contributed by atoms with E-state index in [9.17, 15) is 0 Å². The van der Waals surface area contributed by atoms with Gasteiger partial charge in [0.25, 0.3) is 0 Å². The van der Waals surface area contributed by atoms with Crippen LogP contribution in [-0.4, -0.2) is 29.1 Å². The first kappa shape index (κ1) is 41.4. The third kappa shape index (κ3) is 25.5. The fourth-order valence-corrected chi connectivity index (χ4v) is 7.25. The second-order valence-electron chi connectivity index (χ2n) is 14.6. The van der Waals surface area contributed by atoms with Gasteiger partial charge >= 0.3 is 0 Å². The van der Waals surface area contributed by atoms with Crippen LogP contribution < -0.4 is 0 Å². The zero-order chi connectivity index (χ0) is 31.6. The molecule has 1 aliphatic rings. The Bertz CT molecular complexity index is 572. The van der Waals surface area contributed by atoms with Crippen molar-refractivity contribution in [3.63, 3.8) is 0 Å². The Kier molecular flexibility index (Phi) is 31.7. The number of nitrogens with zero attached hydrogens (tertiary/aromatic N) is 2. The molecule has 0 aromatic heterocycles. The fourth-order valence-electron chi connectivity index (χ4n) is 7.25. The topological polar surface area (TPSA) is 6.48 Å². The van der Waals surface area contributed by atoms with Crippen molar-refractivity contribution in [1.82, 2.24) is 9.80 Å². The zero-order valence-corrected chi connectivity index (χ0v) is 31.1. The van der Waals surface area contributed by atoms with E-state index in [-0.39, 0.29) is 0 Å². The van der Waals surface area contributed by atoms with Crippen LogP contribution in [0.3, 0.4) is 0 Å². The van der Waals surface area contributed by atoms with Crippen molar-refractivity contribution in [1.29, 1.82) is 0 Å². The Morgan fingerprint density at radius 3 is 0.795 bits per heavy atom. The lowest BCUT2D eigenvalue weighted by atomic mass is 10.0. The van der Waals surface area contributed by atoms with E-state index >= 15 is 0 Å². The molecular formula is C42H84N2. The van der Waals surface area contributed by atoms with Crippen molar-refractivity contribution in [3.05, 3.63) is 12.4 Å². The van der Waals surface area contributed by atoms with E-state index < -0.39 is 0 Å². The average molecular weight is 617 g/mol. The molecule has 0 amide bonds. The highest BCUT2D eigenvalue weighted by molar-refractivity contribution is 4.97. The number of hydrogen-bond acceptors (Lipinski definition) is 2. The van der Waals surface area contributed by atoms with Gasteiger partial charge in [0.05, 0.1) is 0 Å². The second-order valence-corrected chi connectivity index (χ2v) is 14.6. The SMILES string of the molecule is CCCCCCCCCCCCCCCCCCC1N(CCCCCCCCCC)C=CN1CCCCCCCCCCC. The van der Waals surface area contributed by atoms with E-state index in [1.165, 1.54) is 231 Å². The van der Waals surface area contributed by atoms with E-state index in [2.05, 4.69) is 43.0 Å². The smallest absolute Gasteiger partial charge is 0.101 e. The summed E-state index contributed by atoms with van der Waals surface area (Å²) in [5.41, 5.74) is 0. The summed E-state index contributed by atoms with van der Waals surface area (Å²) in [4.78, 5) is 5.44. The average Bonchev–Trinajstić information content (AvgIpc) is 3.42. The normalized spacial score (nSPS) is 14.8. The van der Waals surface area contributed by atoms with Gasteiger partial charge < -0.3 is 9.80 Å². The van der Waals surface area contributed by atoms with Crippen molar-refractivity contribution < 1.29 is 0 Å². The standard InChI is InChI=1S/C42H84N2/c1-4-7-10-13-16-19-20-21-22-23-24-25-26-28-31-34-37-42-43(38-35-32-29-18-15-12-9-6-3)40-41-44(42)39-36-33-30-27-17-14-11-8-5-2/h40-42H,4-39H2,1-3H3. The summed E-state index contributed by atoms with van der Waals surface area (Å²) in [5.74, 6) is 0. The van der Waals surface area contributed by atoms with Crippen molar-refractivity contribution in [2.45, 2.75) is 245 Å². The molecule has 1 rings (SSSR count). The van der Waals surface area contributed by atoms with E-state index in [1.54, 1.807) is 0 Å². The third-order valence-corrected chi connectivity index (χ3v) is 10.3. The Morgan fingerprint density at radius 1 is 0.295 bits per heavy atom. The molecule has 0 aromatic rings. The Balaban J connectivity index is 2.17. The van der Waals surface area contributed by atoms with E-state index in [0.717, 1.165) is 0 Å². The Labute approximate surface area is 280 Å². The number of unbranched alkanes of at least 4 members (excludes halogenated alkanes) is 30. The van der Waals surface area contributed by atoms with Crippen molar-refractivity contribution in [2.24, 2.45) is 0 Å². The van der Waals surface area contributed by atoms with Gasteiger partial charge in [-0.05, 0) is 25.7 Å². The molecule has 1 aliphatic heterocycles. The molecule has 0 radical (unpaired) electrons. The molecule has 0 saturated carbocycles. The summed E-state index contributed by atoms with van der Waals surface area (Å²) < 4.78 is 0. The van der Waals surface area contributed by atoms with Gasteiger partial charge in [0, 0.05) is 25.5 Å². The monoisotopic (exact) mass is 617 g/mol. The van der Waals surface area contributed by atoms with Gasteiger partial charge in [0.1, 0.15) is 6.17 Å². The van der Waals surface area contributed by atoms with Crippen LogP contribution in [0.5, 0.6) is 0 Å². The summed E-state index contributed by atoms with van der Waals surface area (Å²) in [6.45, 7) is 9.48. The van der Waals surface area contributed by atoms with Crippen LogP contribution in [0.15, 0.2) is 12.4 Å². The lowest BCUT2D eigenvalue weighted by molar-refractivity contribution is 0.135. The number of hydrogen-bond donors (Lipinski definition) is 0. The summed E-state index contributed by atoms with van der Waals surface area (Å²) in [7, 11) is 0. The highest BCUT2D eigenvalue weighted by Crippen LogP contribution is 2.24. The van der Waals surface area contributed by atoms with Crippen molar-refractivity contribution >= 4 is 0 Å². The lowest BCUT2D eigenvalue weighted by Crippen LogP contribution is -2.39. The highest BCUT2D eigenvalue weighted by Gasteiger charge is 2.24. The molecule has 1 heterocycles. The minimum absolute atomic E-state index is 0.639. The first-order chi connectivity index (χ1) is 21.8. The summed E-state index contributed by atoms with van der Waals surface area (Å²) in [5, 5.41) is 0. The summed E-state index contributed by atoms with van der Waals surface area (Å²) in [6, 6.07) is 0. The Morgan fingerprint density at radius 2 is 0.523 bits per heavy atom. The van der Waals surface area contributed by atoms with Gasteiger partial charge in [0.15, 0.2) is 0 Å². The first-order valence-corrected chi connectivity index (χ1v) is 21.0. The fraction of sp³-hybridized carbons (Fsp3) is 0.952. The first-order valence-electron chi connectivity index (χ1n) is 21.0. The molecule has 1 atom stereocenters. The minimum atomic E-state index is 0.639. The zero-order valence-electron chi connectivity index (χ0n) is 31.1. The predicted molar refractivity (Wildman–Crippen MR) is 200 cm³/mol. The minimum Gasteiger partial charge on any atom is -0.356 e. The van der Waals surface area contributed by atoms with Crippen molar-refractivity contribution in [2.75, 3.05) is 13.1 Å². The maximum Gasteiger partial charge on any atom is 0.101 e. The summed E-state index contributed by atoms with van der Waals surface area (Å²) >= 11 is 0. The maximum atomic E-state index is 2.72. The molecule has 262 valence electrons. The van der Waals surface area contributed by atoms with E-state index in [0.29, 0.717) is 6.17 Å². The number of rotatable bonds is 36. The van der Waals surface area contributed by atoms with Crippen LogP contribution >= 0.6 is 0 Å². The van der Waals surface area contributed by atoms with Gasteiger partial charge in [-0.2, -0.15) is 0 Å². The van der Waals surface area contributed by atoms with E-state index in [4.69, 9.17) is 0 Å². The lowest BCUT2D eigenvalue weighted by Gasteiger charge is -2.33. The van der Waals surface area contributed by atoms with Crippen molar-refractivity contribution in [3.8, 4) is 0 Å². The third-order valence-electron chi connectivity index (χ3n) is 10.3. The second kappa shape index (κ2) is 33.7. The summed E-state index contributed by atoms with van der Waals surface area (Å²) in [6.07, 6.45) is 54.4. The van der Waals surface area contributed by atoms with Crippen LogP contribution in [-0.2, 0) is 0 Å². The van der Waals surface area contributed by atoms with Crippen LogP contribution in [0, 0.1) is 0 Å². The quantitative estimate of drug-likeness (QED) is 0.0646. The van der Waals surface area contributed by atoms with Crippen LogP contribution in [0.1, 0.15) is 239 Å². The molecule has 0 N–H and O–H groups in total. The molecule has 2 nitrogen and oxygen atoms in total. The molecule has 0 spiro atoms. The molecule has 0 fully saturated rings. The van der Waals surface area contributed by atoms with Crippen LogP contribution in [0.4, 0.5) is 0 Å². The molecule has 0 aliphatic carbocycles. The van der Waals surface area contributed by atoms with Crippen LogP contribution in [0.25, 0.3) is 0 Å². The van der Waals surface area contributed by atoms with Gasteiger partial charge in [-0.25, -0.2) is 0 Å². The molecular weight excluding hydrogens is 532 g/mol. The molecule has 2 heteroatoms. The van der Waals surface area contributed by atoms with E-state index in [1.807, 2.05) is 0 Å². The maximum absolute atomic E-state index is 2.72. The highest BCUT2D eigenvalue weighted by atomic mass is 15.4. The largest absolute Gasteiger partial charge is 0.356 e. The Hall–Kier alpha value is -0.660. The van der Waals surface area contributed by atoms with Gasteiger partial charge in [-0.15, -0.1) is 0 Å². The molecule has 44 heavy (non-hydrogen) atoms. The van der Waals surface area contributed by atoms with Gasteiger partial charge in [-0.3, -0.25) is 0 Å². The molecule has 1 unspecified atom stereocenters. The molecule has 0 bridgehead atoms. The van der Waals surface area contributed by atoms with Gasteiger partial charge in [-0.1, -0.05) is 213 Å². The molecule has 0 aromatic carbocycles.